The first-order valence-corrected chi connectivity index (χ1v) is 8.00. The average Bonchev–Trinajstić information content (AvgIpc) is 3.16. The first kappa shape index (κ1) is 14.7. The highest BCUT2D eigenvalue weighted by Gasteiger charge is 2.21. The van der Waals surface area contributed by atoms with E-state index in [-0.39, 0.29) is 11.9 Å². The number of primary amides is 1. The van der Waals surface area contributed by atoms with Gasteiger partial charge in [-0.1, -0.05) is 6.42 Å². The molecule has 2 aromatic rings. The van der Waals surface area contributed by atoms with Crippen molar-refractivity contribution < 1.29 is 9.59 Å². The number of amides is 2. The molecular weight excluding hydrogens is 302 g/mol. The van der Waals surface area contributed by atoms with E-state index in [1.165, 1.54) is 11.3 Å². The lowest BCUT2D eigenvalue weighted by Crippen LogP contribution is -2.43. The summed E-state index contributed by atoms with van der Waals surface area (Å²) in [5.41, 5.74) is 7.00. The van der Waals surface area contributed by atoms with Crippen molar-refractivity contribution in [1.82, 2.24) is 15.3 Å². The number of nitrogens with one attached hydrogen (secondary N) is 3. The van der Waals surface area contributed by atoms with Crippen molar-refractivity contribution in [3.05, 3.63) is 23.3 Å². The standard InChI is InChI=1S/C14H17N5O2S/c15-12(20)10-5-8(6-17-10)11-7-22-14(18-11)19-13(21)9-3-1-2-4-16-9/h5-7,9,16-17H,1-4H2,(H2,15,20)(H,18,19,21). The molecule has 5 N–H and O–H groups in total. The molecule has 1 atom stereocenters. The fourth-order valence-corrected chi connectivity index (χ4v) is 3.14. The number of thiazole rings is 1. The Labute approximate surface area is 131 Å². The fourth-order valence-electron chi connectivity index (χ4n) is 2.42. The van der Waals surface area contributed by atoms with Gasteiger partial charge in [0.25, 0.3) is 5.91 Å². The van der Waals surface area contributed by atoms with E-state index in [4.69, 9.17) is 5.73 Å². The van der Waals surface area contributed by atoms with Crippen LogP contribution in [-0.4, -0.2) is 34.4 Å². The van der Waals surface area contributed by atoms with E-state index < -0.39 is 5.91 Å². The molecule has 8 heteroatoms. The van der Waals surface area contributed by atoms with Crippen LogP contribution in [0.3, 0.4) is 0 Å². The first-order chi connectivity index (χ1) is 10.6. The van der Waals surface area contributed by atoms with Crippen LogP contribution < -0.4 is 16.4 Å². The van der Waals surface area contributed by atoms with E-state index in [9.17, 15) is 9.59 Å². The molecule has 0 spiro atoms. The Hall–Kier alpha value is -2.19. The molecule has 1 aliphatic heterocycles. The second-order valence-electron chi connectivity index (χ2n) is 5.20. The van der Waals surface area contributed by atoms with Crippen LogP contribution >= 0.6 is 11.3 Å². The molecule has 116 valence electrons. The van der Waals surface area contributed by atoms with Gasteiger partial charge in [-0.2, -0.15) is 0 Å². The molecule has 0 aromatic carbocycles. The van der Waals surface area contributed by atoms with Crippen molar-refractivity contribution in [2.24, 2.45) is 5.73 Å². The highest BCUT2D eigenvalue weighted by Crippen LogP contribution is 2.25. The summed E-state index contributed by atoms with van der Waals surface area (Å²) < 4.78 is 0. The Morgan fingerprint density at radius 2 is 2.27 bits per heavy atom. The minimum atomic E-state index is -0.515. The summed E-state index contributed by atoms with van der Waals surface area (Å²) in [6.45, 7) is 0.875. The number of carbonyl (C=O) groups is 2. The van der Waals surface area contributed by atoms with Crippen LogP contribution in [0.4, 0.5) is 5.13 Å². The Morgan fingerprint density at radius 3 is 2.95 bits per heavy atom. The summed E-state index contributed by atoms with van der Waals surface area (Å²) in [6, 6.07) is 1.50. The van der Waals surface area contributed by atoms with E-state index >= 15 is 0 Å². The number of rotatable bonds is 4. The minimum absolute atomic E-state index is 0.0486. The van der Waals surface area contributed by atoms with Gasteiger partial charge in [-0.3, -0.25) is 9.59 Å². The van der Waals surface area contributed by atoms with Crippen molar-refractivity contribution in [2.45, 2.75) is 25.3 Å². The molecule has 0 radical (unpaired) electrons. The van der Waals surface area contributed by atoms with Gasteiger partial charge in [-0.15, -0.1) is 11.3 Å². The SMILES string of the molecule is NC(=O)c1cc(-c2csc(NC(=O)C3CCCCN3)n2)c[nH]1. The summed E-state index contributed by atoms with van der Waals surface area (Å²) >= 11 is 1.35. The lowest BCUT2D eigenvalue weighted by molar-refractivity contribution is -0.118. The number of piperidine rings is 1. The van der Waals surface area contributed by atoms with Crippen LogP contribution in [0.1, 0.15) is 29.8 Å². The van der Waals surface area contributed by atoms with E-state index in [2.05, 4.69) is 20.6 Å². The number of hydrogen-bond donors (Lipinski definition) is 4. The normalized spacial score (nSPS) is 18.1. The van der Waals surface area contributed by atoms with Crippen LogP contribution in [0.2, 0.25) is 0 Å². The maximum absolute atomic E-state index is 12.1. The molecule has 3 rings (SSSR count). The molecule has 22 heavy (non-hydrogen) atoms. The number of nitrogens with zero attached hydrogens (tertiary/aromatic N) is 1. The molecule has 0 saturated carbocycles. The van der Waals surface area contributed by atoms with Crippen LogP contribution in [-0.2, 0) is 4.79 Å². The van der Waals surface area contributed by atoms with Crippen LogP contribution in [0.15, 0.2) is 17.6 Å². The van der Waals surface area contributed by atoms with Crippen molar-refractivity contribution in [2.75, 3.05) is 11.9 Å². The van der Waals surface area contributed by atoms with Crippen LogP contribution in [0.5, 0.6) is 0 Å². The highest BCUT2D eigenvalue weighted by atomic mass is 32.1. The van der Waals surface area contributed by atoms with E-state index in [1.54, 1.807) is 12.3 Å². The molecule has 2 amide bonds. The molecule has 1 fully saturated rings. The van der Waals surface area contributed by atoms with Gasteiger partial charge >= 0.3 is 0 Å². The number of anilines is 1. The predicted molar refractivity (Wildman–Crippen MR) is 84.7 cm³/mol. The van der Waals surface area contributed by atoms with Gasteiger partial charge in [0.2, 0.25) is 5.91 Å². The van der Waals surface area contributed by atoms with Gasteiger partial charge in [0.1, 0.15) is 5.69 Å². The zero-order valence-corrected chi connectivity index (χ0v) is 12.7. The summed E-state index contributed by atoms with van der Waals surface area (Å²) in [5, 5.41) is 8.42. The number of H-pyrrole nitrogens is 1. The van der Waals surface area contributed by atoms with Gasteiger partial charge in [0.15, 0.2) is 5.13 Å². The fraction of sp³-hybridized carbons (Fsp3) is 0.357. The first-order valence-electron chi connectivity index (χ1n) is 7.12. The number of aromatic amines is 1. The molecule has 0 bridgehead atoms. The lowest BCUT2D eigenvalue weighted by atomic mass is 10.0. The lowest BCUT2D eigenvalue weighted by Gasteiger charge is -2.21. The summed E-state index contributed by atoms with van der Waals surface area (Å²) in [5.74, 6) is -0.564. The zero-order valence-electron chi connectivity index (χ0n) is 11.9. The average molecular weight is 319 g/mol. The van der Waals surface area contributed by atoms with E-state index in [0.717, 1.165) is 31.4 Å². The van der Waals surface area contributed by atoms with Gasteiger partial charge in [0, 0.05) is 17.1 Å². The Balaban J connectivity index is 1.67. The van der Waals surface area contributed by atoms with Gasteiger partial charge in [0.05, 0.1) is 11.7 Å². The maximum Gasteiger partial charge on any atom is 0.265 e. The monoisotopic (exact) mass is 319 g/mol. The number of nitrogens with two attached hydrogens (primary N) is 1. The largest absolute Gasteiger partial charge is 0.364 e. The van der Waals surface area contributed by atoms with Crippen molar-refractivity contribution in [3.8, 4) is 11.3 Å². The smallest absolute Gasteiger partial charge is 0.265 e. The van der Waals surface area contributed by atoms with Gasteiger partial charge in [-0.05, 0) is 25.5 Å². The third kappa shape index (κ3) is 3.18. The van der Waals surface area contributed by atoms with E-state index in [1.807, 2.05) is 5.38 Å². The maximum atomic E-state index is 12.1. The van der Waals surface area contributed by atoms with Gasteiger partial charge in [-0.25, -0.2) is 4.98 Å². The predicted octanol–water partition coefficient (Wildman–Crippen LogP) is 1.32. The molecular formula is C14H17N5O2S. The molecule has 0 aliphatic carbocycles. The topological polar surface area (TPSA) is 113 Å². The number of carbonyl (C=O) groups excluding carboxylic acids is 2. The summed E-state index contributed by atoms with van der Waals surface area (Å²) in [4.78, 5) is 30.4. The van der Waals surface area contributed by atoms with Crippen molar-refractivity contribution in [3.63, 3.8) is 0 Å². The second-order valence-corrected chi connectivity index (χ2v) is 6.05. The molecule has 1 unspecified atom stereocenters. The van der Waals surface area contributed by atoms with Crippen LogP contribution in [0.25, 0.3) is 11.3 Å². The third-order valence-electron chi connectivity index (χ3n) is 3.61. The molecule has 7 nitrogen and oxygen atoms in total. The van der Waals surface area contributed by atoms with Crippen LogP contribution in [0, 0.1) is 0 Å². The summed E-state index contributed by atoms with van der Waals surface area (Å²) in [7, 11) is 0. The molecule has 1 aliphatic rings. The zero-order chi connectivity index (χ0) is 15.5. The number of aromatic nitrogens is 2. The molecule has 2 aromatic heterocycles. The van der Waals surface area contributed by atoms with Gasteiger partial charge < -0.3 is 21.4 Å². The highest BCUT2D eigenvalue weighted by molar-refractivity contribution is 7.14. The minimum Gasteiger partial charge on any atom is -0.364 e. The number of hydrogen-bond acceptors (Lipinski definition) is 5. The van der Waals surface area contributed by atoms with Crippen molar-refractivity contribution >= 4 is 28.3 Å². The molecule has 3 heterocycles. The van der Waals surface area contributed by atoms with E-state index in [0.29, 0.717) is 16.5 Å². The Kier molecular flexibility index (Phi) is 4.21. The third-order valence-corrected chi connectivity index (χ3v) is 4.36. The summed E-state index contributed by atoms with van der Waals surface area (Å²) in [6.07, 6.45) is 4.70. The second kappa shape index (κ2) is 6.29. The molecule has 1 saturated heterocycles. The quantitative estimate of drug-likeness (QED) is 0.680. The Bertz CT molecular complexity index is 687. The van der Waals surface area contributed by atoms with Crippen molar-refractivity contribution in [1.29, 1.82) is 0 Å². The Morgan fingerprint density at radius 1 is 1.41 bits per heavy atom.